The van der Waals surface area contributed by atoms with Crippen LogP contribution in [-0.4, -0.2) is 88.6 Å². The van der Waals surface area contributed by atoms with Crippen LogP contribution >= 0.6 is 0 Å². The average molecular weight is 850 g/mol. The van der Waals surface area contributed by atoms with E-state index in [1.807, 2.05) is 0 Å². The van der Waals surface area contributed by atoms with Gasteiger partial charge < -0.3 is 33.3 Å². The Hall–Kier alpha value is -2.69. The van der Waals surface area contributed by atoms with E-state index < -0.39 is 24.3 Å². The molecule has 0 aliphatic carbocycles. The number of rotatable bonds is 44. The van der Waals surface area contributed by atoms with E-state index in [1.54, 1.807) is 0 Å². The molecule has 0 amide bonds. The van der Waals surface area contributed by atoms with Crippen molar-refractivity contribution in [2.45, 2.75) is 201 Å². The molecular formula is C50H91NO9. The topological polar surface area (TPSA) is 110 Å². The third-order valence-corrected chi connectivity index (χ3v) is 10.3. The van der Waals surface area contributed by atoms with Crippen LogP contribution in [0.1, 0.15) is 195 Å². The third-order valence-electron chi connectivity index (χ3n) is 10.3. The van der Waals surface area contributed by atoms with Crippen LogP contribution in [0.3, 0.4) is 0 Å². The molecule has 0 aromatic carbocycles. The van der Waals surface area contributed by atoms with Gasteiger partial charge in [-0.3, -0.25) is 9.59 Å². The van der Waals surface area contributed by atoms with Crippen molar-refractivity contribution in [3.05, 3.63) is 36.5 Å². The summed E-state index contributed by atoms with van der Waals surface area (Å²) in [5, 5.41) is 0. The number of ether oxygens (including phenoxy) is 6. The molecule has 0 bridgehead atoms. The van der Waals surface area contributed by atoms with E-state index in [4.69, 9.17) is 28.4 Å². The Labute approximate surface area is 367 Å². The maximum absolute atomic E-state index is 12.9. The smallest absolute Gasteiger partial charge is 0.465 e. The number of esters is 2. The molecule has 0 aliphatic heterocycles. The second-order valence-electron chi connectivity index (χ2n) is 15.9. The van der Waals surface area contributed by atoms with Crippen molar-refractivity contribution < 1.29 is 42.8 Å². The Morgan fingerprint density at radius 2 is 0.983 bits per heavy atom. The minimum atomic E-state index is -0.784. The highest BCUT2D eigenvalue weighted by molar-refractivity contribution is 5.69. The lowest BCUT2D eigenvalue weighted by molar-refractivity contribution is -0.161. The summed E-state index contributed by atoms with van der Waals surface area (Å²) in [7, 11) is 0. The SMILES string of the molecule is CC/C=C\C/C=C\C/C=C\CCCCCCCC(=O)OCC(COC(=O)CCC(OCCCCCCCC)OCCCCCCCC)COC(=O)OCCCN(CC)CC. The minimum Gasteiger partial charge on any atom is -0.465 e. The number of unbranched alkanes of at least 4 members (excludes halogenated alkanes) is 15. The van der Waals surface area contributed by atoms with Gasteiger partial charge in [0.15, 0.2) is 6.29 Å². The predicted octanol–water partition coefficient (Wildman–Crippen LogP) is 13.0. The number of nitrogens with zero attached hydrogens (tertiary/aromatic N) is 1. The fraction of sp³-hybridized carbons (Fsp3) is 0.820. The van der Waals surface area contributed by atoms with Gasteiger partial charge in [-0.15, -0.1) is 0 Å². The van der Waals surface area contributed by atoms with E-state index in [9.17, 15) is 14.4 Å². The fourth-order valence-electron chi connectivity index (χ4n) is 6.45. The maximum atomic E-state index is 12.9. The second kappa shape index (κ2) is 45.8. The van der Waals surface area contributed by atoms with Gasteiger partial charge in [0.25, 0.3) is 0 Å². The summed E-state index contributed by atoms with van der Waals surface area (Å²) < 4.78 is 34.0. The van der Waals surface area contributed by atoms with Crippen LogP contribution in [0.15, 0.2) is 36.5 Å². The van der Waals surface area contributed by atoms with Gasteiger partial charge in [-0.2, -0.15) is 0 Å². The monoisotopic (exact) mass is 850 g/mol. The number of hydrogen-bond acceptors (Lipinski definition) is 10. The summed E-state index contributed by atoms with van der Waals surface area (Å²) in [5.74, 6) is -1.23. The molecular weight excluding hydrogens is 759 g/mol. The lowest BCUT2D eigenvalue weighted by Gasteiger charge is -2.20. The van der Waals surface area contributed by atoms with Crippen LogP contribution in [0.5, 0.6) is 0 Å². The molecule has 1 unspecified atom stereocenters. The number of hydrogen-bond donors (Lipinski definition) is 0. The molecule has 0 radical (unpaired) electrons. The first-order chi connectivity index (χ1) is 29.4. The van der Waals surface area contributed by atoms with Gasteiger partial charge in [-0.1, -0.05) is 155 Å². The largest absolute Gasteiger partial charge is 0.508 e. The highest BCUT2D eigenvalue weighted by Gasteiger charge is 2.20. The Balaban J connectivity index is 4.86. The van der Waals surface area contributed by atoms with E-state index in [1.165, 1.54) is 51.4 Å². The predicted molar refractivity (Wildman–Crippen MR) is 246 cm³/mol. The van der Waals surface area contributed by atoms with Crippen molar-refractivity contribution in [2.24, 2.45) is 5.92 Å². The van der Waals surface area contributed by atoms with Crippen molar-refractivity contribution in [3.8, 4) is 0 Å². The van der Waals surface area contributed by atoms with Crippen LogP contribution in [0.25, 0.3) is 0 Å². The van der Waals surface area contributed by atoms with Gasteiger partial charge in [-0.05, 0) is 70.9 Å². The zero-order valence-electron chi connectivity index (χ0n) is 39.3. The van der Waals surface area contributed by atoms with Crippen LogP contribution in [-0.2, 0) is 38.0 Å². The zero-order valence-corrected chi connectivity index (χ0v) is 39.3. The molecule has 1 atom stereocenters. The molecule has 0 rings (SSSR count). The summed E-state index contributed by atoms with van der Waals surface area (Å²) in [6.07, 6.45) is 36.8. The quantitative estimate of drug-likeness (QED) is 0.0193. The van der Waals surface area contributed by atoms with Crippen molar-refractivity contribution in [3.63, 3.8) is 0 Å². The Bertz CT molecular complexity index is 1040. The van der Waals surface area contributed by atoms with Gasteiger partial charge in [-0.25, -0.2) is 4.79 Å². The standard InChI is InChI=1S/C50H91NO9/c1-6-11-14-17-20-21-22-23-24-25-26-27-28-29-32-36-47(52)58-43-46(45-60-50(54)57-42-35-39-51(9-4)10-5)44-59-48(53)37-38-49(55-40-33-30-18-15-12-7-2)56-41-34-31-19-16-13-8-3/h11,14,20-21,23-24,46,49H,6-10,12-13,15-19,22,25-45H2,1-5H3/b14-11-,21-20-,24-23-. The molecule has 0 saturated carbocycles. The second-order valence-corrected chi connectivity index (χ2v) is 15.9. The van der Waals surface area contributed by atoms with Crippen molar-refractivity contribution >= 4 is 18.1 Å². The highest BCUT2D eigenvalue weighted by Crippen LogP contribution is 2.14. The number of carbonyl (C=O) groups is 3. The van der Waals surface area contributed by atoms with Crippen molar-refractivity contribution in [2.75, 3.05) is 59.3 Å². The van der Waals surface area contributed by atoms with Crippen molar-refractivity contribution in [1.82, 2.24) is 4.90 Å². The van der Waals surface area contributed by atoms with Gasteiger partial charge in [0.2, 0.25) is 0 Å². The molecule has 0 fully saturated rings. The van der Waals surface area contributed by atoms with E-state index in [0.717, 1.165) is 103 Å². The molecule has 10 heteroatoms. The molecule has 0 aromatic heterocycles. The number of carbonyl (C=O) groups excluding carboxylic acids is 3. The van der Waals surface area contributed by atoms with Gasteiger partial charge in [0.05, 0.1) is 18.9 Å². The Morgan fingerprint density at radius 3 is 1.57 bits per heavy atom. The molecule has 0 aromatic rings. The molecule has 0 aliphatic rings. The summed E-state index contributed by atoms with van der Waals surface area (Å²) in [6, 6.07) is 0. The normalized spacial score (nSPS) is 12.4. The van der Waals surface area contributed by atoms with Gasteiger partial charge in [0.1, 0.15) is 19.8 Å². The molecule has 0 N–H and O–H groups in total. The van der Waals surface area contributed by atoms with Crippen molar-refractivity contribution in [1.29, 1.82) is 0 Å². The highest BCUT2D eigenvalue weighted by atomic mass is 16.7. The zero-order chi connectivity index (χ0) is 44.0. The first-order valence-corrected chi connectivity index (χ1v) is 24.4. The summed E-state index contributed by atoms with van der Waals surface area (Å²) in [6.45, 7) is 14.8. The van der Waals surface area contributed by atoms with Crippen LogP contribution in [0.4, 0.5) is 4.79 Å². The van der Waals surface area contributed by atoms with Crippen LogP contribution in [0, 0.1) is 5.92 Å². The fourth-order valence-corrected chi connectivity index (χ4v) is 6.45. The Kier molecular flexibility index (Phi) is 43.8. The lowest BCUT2D eigenvalue weighted by atomic mass is 10.1. The molecule has 10 nitrogen and oxygen atoms in total. The van der Waals surface area contributed by atoms with Gasteiger partial charge >= 0.3 is 18.1 Å². The number of allylic oxidation sites excluding steroid dienone is 6. The minimum absolute atomic E-state index is 0.0241. The molecule has 0 saturated heterocycles. The van der Waals surface area contributed by atoms with E-state index in [2.05, 4.69) is 76.0 Å². The van der Waals surface area contributed by atoms with E-state index >= 15 is 0 Å². The molecule has 60 heavy (non-hydrogen) atoms. The molecule has 350 valence electrons. The van der Waals surface area contributed by atoms with Crippen LogP contribution < -0.4 is 0 Å². The molecule has 0 spiro atoms. The third kappa shape index (κ3) is 40.7. The average Bonchev–Trinajstić information content (AvgIpc) is 3.25. The first kappa shape index (κ1) is 57.3. The van der Waals surface area contributed by atoms with E-state index in [0.29, 0.717) is 32.5 Å². The summed E-state index contributed by atoms with van der Waals surface area (Å²) in [5.41, 5.74) is 0. The summed E-state index contributed by atoms with van der Waals surface area (Å²) in [4.78, 5) is 40.2. The maximum Gasteiger partial charge on any atom is 0.508 e. The Morgan fingerprint density at radius 1 is 0.483 bits per heavy atom. The first-order valence-electron chi connectivity index (χ1n) is 24.4. The summed E-state index contributed by atoms with van der Waals surface area (Å²) >= 11 is 0. The van der Waals surface area contributed by atoms with Gasteiger partial charge in [0, 0.05) is 32.6 Å². The lowest BCUT2D eigenvalue weighted by Crippen LogP contribution is -2.28. The van der Waals surface area contributed by atoms with Crippen LogP contribution in [0.2, 0.25) is 0 Å². The molecule has 0 heterocycles. The van der Waals surface area contributed by atoms with E-state index in [-0.39, 0.29) is 38.8 Å².